The number of aromatic nitrogens is 4. The number of hydrogen-bond donors (Lipinski definition) is 0. The molecule has 5 rings (SSSR count). The topological polar surface area (TPSA) is 60.7 Å². The summed E-state index contributed by atoms with van der Waals surface area (Å²) in [5, 5.41) is 10.8. The van der Waals surface area contributed by atoms with Crippen LogP contribution in [0, 0.1) is 0 Å². The molecular formula is C22H13ClN4OS. The maximum atomic E-state index is 13.4. The van der Waals surface area contributed by atoms with E-state index < -0.39 is 0 Å². The Morgan fingerprint density at radius 1 is 0.828 bits per heavy atom. The zero-order valence-corrected chi connectivity index (χ0v) is 16.6. The Morgan fingerprint density at radius 2 is 1.55 bits per heavy atom. The molecule has 0 spiro atoms. The molecule has 5 nitrogen and oxygen atoms in total. The maximum absolute atomic E-state index is 13.4. The van der Waals surface area contributed by atoms with Gasteiger partial charge >= 0.3 is 0 Å². The van der Waals surface area contributed by atoms with Crippen molar-refractivity contribution in [3.63, 3.8) is 0 Å². The van der Waals surface area contributed by atoms with E-state index in [2.05, 4.69) is 10.2 Å². The molecule has 29 heavy (non-hydrogen) atoms. The highest BCUT2D eigenvalue weighted by molar-refractivity contribution is 7.17. The smallest absolute Gasteiger partial charge is 0.268 e. The van der Waals surface area contributed by atoms with Gasteiger partial charge in [0.2, 0.25) is 5.13 Å². The standard InChI is InChI=1S/C22H13ClN4OS/c23-17-12-6-4-10-15(17)20-25-26-22(29-20)27-19(14-8-2-1-3-9-14)24-18-13-7-5-11-16(18)21(27)28/h1-13H. The SMILES string of the molecule is O=c1c2ccccc2nc(-c2ccccc2)n1-c1nnc(-c2ccccc2Cl)s1. The first-order valence-corrected chi connectivity index (χ1v) is 10.1. The van der Waals surface area contributed by atoms with Crippen LogP contribution < -0.4 is 5.56 Å². The Hall–Kier alpha value is -3.35. The van der Waals surface area contributed by atoms with Crippen LogP contribution in [0.15, 0.2) is 83.7 Å². The molecule has 2 aromatic heterocycles. The molecule has 140 valence electrons. The van der Waals surface area contributed by atoms with Crippen molar-refractivity contribution in [3.8, 4) is 27.1 Å². The molecule has 0 saturated heterocycles. The molecule has 3 aromatic carbocycles. The number of fused-ring (bicyclic) bond motifs is 1. The van der Waals surface area contributed by atoms with Gasteiger partial charge in [0.25, 0.3) is 5.56 Å². The normalized spacial score (nSPS) is 11.1. The number of para-hydroxylation sites is 1. The van der Waals surface area contributed by atoms with E-state index in [-0.39, 0.29) is 5.56 Å². The molecule has 0 unspecified atom stereocenters. The molecule has 0 saturated carbocycles. The second-order valence-corrected chi connectivity index (χ2v) is 7.69. The molecule has 2 heterocycles. The Morgan fingerprint density at radius 3 is 2.38 bits per heavy atom. The summed E-state index contributed by atoms with van der Waals surface area (Å²) in [5.74, 6) is 0.524. The summed E-state index contributed by atoms with van der Waals surface area (Å²) < 4.78 is 1.52. The van der Waals surface area contributed by atoms with Crippen molar-refractivity contribution >= 4 is 33.8 Å². The number of benzene rings is 3. The third-order valence-electron chi connectivity index (χ3n) is 4.52. The Labute approximate surface area is 174 Å². The highest BCUT2D eigenvalue weighted by atomic mass is 35.5. The summed E-state index contributed by atoms with van der Waals surface area (Å²) in [5.41, 5.74) is 2.06. The first kappa shape index (κ1) is 17.7. The molecule has 0 aliphatic rings. The highest BCUT2D eigenvalue weighted by Gasteiger charge is 2.18. The molecule has 7 heteroatoms. The van der Waals surface area contributed by atoms with Crippen molar-refractivity contribution in [3.05, 3.63) is 94.2 Å². The van der Waals surface area contributed by atoms with Crippen molar-refractivity contribution in [2.45, 2.75) is 0 Å². The van der Waals surface area contributed by atoms with Gasteiger partial charge in [-0.3, -0.25) is 4.79 Å². The summed E-state index contributed by atoms with van der Waals surface area (Å²) in [6, 6.07) is 24.3. The van der Waals surface area contributed by atoms with Crippen LogP contribution in [0.25, 0.3) is 38.0 Å². The second-order valence-electron chi connectivity index (χ2n) is 6.33. The minimum absolute atomic E-state index is 0.184. The van der Waals surface area contributed by atoms with E-state index in [4.69, 9.17) is 16.6 Å². The van der Waals surface area contributed by atoms with E-state index in [1.165, 1.54) is 15.9 Å². The first-order chi connectivity index (χ1) is 14.2. The van der Waals surface area contributed by atoms with Crippen molar-refractivity contribution in [1.82, 2.24) is 19.7 Å². The van der Waals surface area contributed by atoms with Crippen LogP contribution in [-0.4, -0.2) is 19.7 Å². The van der Waals surface area contributed by atoms with Crippen LogP contribution in [0.5, 0.6) is 0 Å². The third kappa shape index (κ3) is 3.12. The van der Waals surface area contributed by atoms with Crippen LogP contribution in [0.4, 0.5) is 0 Å². The fraction of sp³-hybridized carbons (Fsp3) is 0. The lowest BCUT2D eigenvalue weighted by Gasteiger charge is -2.10. The molecule has 0 radical (unpaired) electrons. The number of hydrogen-bond acceptors (Lipinski definition) is 5. The lowest BCUT2D eigenvalue weighted by molar-refractivity contribution is 0.921. The molecule has 0 aliphatic heterocycles. The number of halogens is 1. The minimum atomic E-state index is -0.184. The van der Waals surface area contributed by atoms with E-state index in [9.17, 15) is 4.79 Å². The van der Waals surface area contributed by atoms with Crippen LogP contribution in [0.1, 0.15) is 0 Å². The quantitative estimate of drug-likeness (QED) is 0.404. The zero-order valence-electron chi connectivity index (χ0n) is 15.0. The number of rotatable bonds is 3. The van der Waals surface area contributed by atoms with Crippen LogP contribution in [-0.2, 0) is 0 Å². The van der Waals surface area contributed by atoms with Gasteiger partial charge in [-0.05, 0) is 18.2 Å². The van der Waals surface area contributed by atoms with Gasteiger partial charge in [0.1, 0.15) is 5.82 Å². The number of nitrogens with zero attached hydrogens (tertiary/aromatic N) is 4. The lowest BCUT2D eigenvalue weighted by atomic mass is 10.2. The summed E-state index contributed by atoms with van der Waals surface area (Å²) in [4.78, 5) is 18.1. The Bertz CT molecular complexity index is 1400. The van der Waals surface area contributed by atoms with Crippen molar-refractivity contribution in [2.24, 2.45) is 0 Å². The Kier molecular flexibility index (Phi) is 4.42. The van der Waals surface area contributed by atoms with Gasteiger partial charge in [0.15, 0.2) is 5.01 Å². The average Bonchev–Trinajstić information content (AvgIpc) is 3.24. The van der Waals surface area contributed by atoms with Gasteiger partial charge in [-0.15, -0.1) is 10.2 Å². The van der Waals surface area contributed by atoms with E-state index >= 15 is 0 Å². The van der Waals surface area contributed by atoms with E-state index in [0.717, 1.165) is 11.1 Å². The molecular weight excluding hydrogens is 404 g/mol. The fourth-order valence-electron chi connectivity index (χ4n) is 3.14. The molecule has 0 atom stereocenters. The molecule has 0 fully saturated rings. The van der Waals surface area contributed by atoms with E-state index in [0.29, 0.717) is 31.9 Å². The monoisotopic (exact) mass is 416 g/mol. The summed E-state index contributed by atoms with van der Waals surface area (Å²) in [6.07, 6.45) is 0. The molecule has 0 aliphatic carbocycles. The van der Waals surface area contributed by atoms with Gasteiger partial charge in [-0.2, -0.15) is 0 Å². The first-order valence-electron chi connectivity index (χ1n) is 8.88. The van der Waals surface area contributed by atoms with Crippen molar-refractivity contribution in [2.75, 3.05) is 0 Å². The molecule has 0 N–H and O–H groups in total. The molecule has 0 amide bonds. The molecule has 0 bridgehead atoms. The van der Waals surface area contributed by atoms with Gasteiger partial charge in [0.05, 0.1) is 15.9 Å². The van der Waals surface area contributed by atoms with Gasteiger partial charge in [0, 0.05) is 11.1 Å². The Balaban J connectivity index is 1.78. The van der Waals surface area contributed by atoms with Gasteiger partial charge in [-0.25, -0.2) is 9.55 Å². The van der Waals surface area contributed by atoms with Crippen molar-refractivity contribution < 1.29 is 0 Å². The lowest BCUT2D eigenvalue weighted by Crippen LogP contribution is -2.21. The van der Waals surface area contributed by atoms with Gasteiger partial charge in [-0.1, -0.05) is 83.6 Å². The average molecular weight is 417 g/mol. The predicted molar refractivity (Wildman–Crippen MR) is 117 cm³/mol. The maximum Gasteiger partial charge on any atom is 0.268 e. The highest BCUT2D eigenvalue weighted by Crippen LogP contribution is 2.32. The van der Waals surface area contributed by atoms with Gasteiger partial charge < -0.3 is 0 Å². The summed E-state index contributed by atoms with van der Waals surface area (Å²) in [6.45, 7) is 0. The van der Waals surface area contributed by atoms with Crippen LogP contribution in [0.2, 0.25) is 5.02 Å². The van der Waals surface area contributed by atoms with E-state index in [1.807, 2.05) is 66.7 Å². The fourth-order valence-corrected chi connectivity index (χ4v) is 4.31. The summed E-state index contributed by atoms with van der Waals surface area (Å²) >= 11 is 7.61. The largest absolute Gasteiger partial charge is 0.268 e. The van der Waals surface area contributed by atoms with E-state index in [1.54, 1.807) is 12.1 Å². The minimum Gasteiger partial charge on any atom is -0.268 e. The van der Waals surface area contributed by atoms with Crippen LogP contribution in [0.3, 0.4) is 0 Å². The summed E-state index contributed by atoms with van der Waals surface area (Å²) in [7, 11) is 0. The molecule has 5 aromatic rings. The van der Waals surface area contributed by atoms with Crippen molar-refractivity contribution in [1.29, 1.82) is 0 Å². The second kappa shape index (κ2) is 7.24. The third-order valence-corrected chi connectivity index (χ3v) is 5.79. The predicted octanol–water partition coefficient (Wildman–Crippen LogP) is 5.22. The van der Waals surface area contributed by atoms with Crippen LogP contribution >= 0.6 is 22.9 Å². The zero-order chi connectivity index (χ0) is 19.8.